The van der Waals surface area contributed by atoms with Crippen molar-refractivity contribution in [1.82, 2.24) is 15.5 Å². The van der Waals surface area contributed by atoms with Gasteiger partial charge in [-0.05, 0) is 19.8 Å². The molecule has 0 unspecified atom stereocenters. The predicted octanol–water partition coefficient (Wildman–Crippen LogP) is -0.824. The highest BCUT2D eigenvalue weighted by atomic mass is 16.2. The van der Waals surface area contributed by atoms with Gasteiger partial charge in [-0.3, -0.25) is 9.59 Å². The predicted molar refractivity (Wildman–Crippen MR) is 69.6 cm³/mol. The first-order valence-electron chi connectivity index (χ1n) is 6.21. The van der Waals surface area contributed by atoms with Crippen LogP contribution in [-0.2, 0) is 9.59 Å². The summed E-state index contributed by atoms with van der Waals surface area (Å²) >= 11 is 0. The molecule has 1 aliphatic heterocycles. The van der Waals surface area contributed by atoms with E-state index in [4.69, 9.17) is 5.73 Å². The Morgan fingerprint density at radius 3 is 2.72 bits per heavy atom. The fourth-order valence-electron chi connectivity index (χ4n) is 1.77. The van der Waals surface area contributed by atoms with Crippen molar-refractivity contribution in [2.24, 2.45) is 5.73 Å². The zero-order chi connectivity index (χ0) is 13.5. The Labute approximate surface area is 108 Å². The van der Waals surface area contributed by atoms with Gasteiger partial charge in [-0.25, -0.2) is 0 Å². The first-order chi connectivity index (χ1) is 8.50. The molecule has 0 saturated carbocycles. The molecule has 0 aromatic carbocycles. The fraction of sp³-hybridized carbons (Fsp3) is 0.667. The Kier molecular flexibility index (Phi) is 5.64. The summed E-state index contributed by atoms with van der Waals surface area (Å²) < 4.78 is 0. The molecule has 6 heteroatoms. The zero-order valence-electron chi connectivity index (χ0n) is 10.9. The number of hydrogen-bond donors (Lipinski definition) is 3. The van der Waals surface area contributed by atoms with E-state index >= 15 is 0 Å². The van der Waals surface area contributed by atoms with Crippen LogP contribution in [0.5, 0.6) is 0 Å². The van der Waals surface area contributed by atoms with E-state index in [1.165, 1.54) is 4.90 Å². The van der Waals surface area contributed by atoms with Gasteiger partial charge < -0.3 is 21.3 Å². The molecule has 102 valence electrons. The maximum Gasteiger partial charge on any atom is 0.240 e. The van der Waals surface area contributed by atoms with E-state index in [9.17, 15) is 9.59 Å². The third-order valence-electron chi connectivity index (χ3n) is 2.78. The van der Waals surface area contributed by atoms with Gasteiger partial charge >= 0.3 is 0 Å². The van der Waals surface area contributed by atoms with E-state index in [0.717, 1.165) is 18.7 Å². The van der Waals surface area contributed by atoms with Gasteiger partial charge in [-0.2, -0.15) is 0 Å². The molecule has 1 rings (SSSR count). The van der Waals surface area contributed by atoms with Crippen LogP contribution in [0.2, 0.25) is 0 Å². The number of rotatable bonds is 7. The van der Waals surface area contributed by atoms with Crippen molar-refractivity contribution in [1.29, 1.82) is 0 Å². The standard InChI is InChI=1S/C12H22N4O2/c1-9(2)14-5-3-6-15-11(17)8-16-7-4-10(13)12(16)18/h10,14H,1,3-8,13H2,2H3,(H,15,17)/t10-/m0/s1. The van der Waals surface area contributed by atoms with Crippen LogP contribution < -0.4 is 16.4 Å². The van der Waals surface area contributed by atoms with E-state index in [-0.39, 0.29) is 18.4 Å². The van der Waals surface area contributed by atoms with Crippen molar-refractivity contribution in [2.45, 2.75) is 25.8 Å². The number of nitrogens with zero attached hydrogens (tertiary/aromatic N) is 1. The highest BCUT2D eigenvalue weighted by Gasteiger charge is 2.29. The van der Waals surface area contributed by atoms with Crippen molar-refractivity contribution in [3.8, 4) is 0 Å². The minimum absolute atomic E-state index is 0.112. The van der Waals surface area contributed by atoms with Crippen LogP contribution in [0.4, 0.5) is 0 Å². The van der Waals surface area contributed by atoms with Gasteiger partial charge in [0.1, 0.15) is 0 Å². The van der Waals surface area contributed by atoms with Gasteiger partial charge in [-0.15, -0.1) is 0 Å². The summed E-state index contributed by atoms with van der Waals surface area (Å²) in [5.41, 5.74) is 6.49. The van der Waals surface area contributed by atoms with Crippen molar-refractivity contribution < 1.29 is 9.59 Å². The molecule has 18 heavy (non-hydrogen) atoms. The smallest absolute Gasteiger partial charge is 0.240 e. The minimum Gasteiger partial charge on any atom is -0.389 e. The molecule has 1 saturated heterocycles. The molecular weight excluding hydrogens is 232 g/mol. The number of carbonyl (C=O) groups excluding carboxylic acids is 2. The summed E-state index contributed by atoms with van der Waals surface area (Å²) in [5.74, 6) is -0.262. The van der Waals surface area contributed by atoms with Gasteiger partial charge in [0.2, 0.25) is 11.8 Å². The van der Waals surface area contributed by atoms with Crippen LogP contribution in [0.25, 0.3) is 0 Å². The molecular formula is C12H22N4O2. The summed E-state index contributed by atoms with van der Waals surface area (Å²) in [6.45, 7) is 7.66. The van der Waals surface area contributed by atoms with Crippen LogP contribution in [0, 0.1) is 0 Å². The summed E-state index contributed by atoms with van der Waals surface area (Å²) in [4.78, 5) is 24.6. The zero-order valence-corrected chi connectivity index (χ0v) is 10.9. The second kappa shape index (κ2) is 7.00. The van der Waals surface area contributed by atoms with E-state index < -0.39 is 6.04 Å². The lowest BCUT2D eigenvalue weighted by molar-refractivity contribution is -0.133. The number of hydrogen-bond acceptors (Lipinski definition) is 4. The molecule has 4 N–H and O–H groups in total. The number of nitrogens with two attached hydrogens (primary N) is 1. The maximum absolute atomic E-state index is 11.6. The number of nitrogens with one attached hydrogen (secondary N) is 2. The van der Waals surface area contributed by atoms with Crippen LogP contribution in [0.15, 0.2) is 12.3 Å². The molecule has 6 nitrogen and oxygen atoms in total. The molecule has 0 aliphatic carbocycles. The van der Waals surface area contributed by atoms with Crippen LogP contribution in [0.1, 0.15) is 19.8 Å². The highest BCUT2D eigenvalue weighted by molar-refractivity contribution is 5.88. The molecule has 1 heterocycles. The van der Waals surface area contributed by atoms with E-state index in [0.29, 0.717) is 19.5 Å². The summed E-state index contributed by atoms with van der Waals surface area (Å²) in [5, 5.41) is 5.85. The van der Waals surface area contributed by atoms with Crippen LogP contribution in [0.3, 0.4) is 0 Å². The molecule has 0 aromatic rings. The number of allylic oxidation sites excluding steroid dienone is 1. The third kappa shape index (κ3) is 4.75. The largest absolute Gasteiger partial charge is 0.389 e. The Balaban J connectivity index is 2.11. The second-order valence-corrected chi connectivity index (χ2v) is 4.57. The Hall–Kier alpha value is -1.56. The molecule has 0 bridgehead atoms. The first kappa shape index (κ1) is 14.5. The summed E-state index contributed by atoms with van der Waals surface area (Å²) in [7, 11) is 0. The van der Waals surface area contributed by atoms with Crippen molar-refractivity contribution in [3.63, 3.8) is 0 Å². The molecule has 0 aromatic heterocycles. The van der Waals surface area contributed by atoms with Gasteiger partial charge in [-0.1, -0.05) is 6.58 Å². The lowest BCUT2D eigenvalue weighted by Crippen LogP contribution is -2.41. The molecule has 1 aliphatic rings. The van der Waals surface area contributed by atoms with Crippen molar-refractivity contribution >= 4 is 11.8 Å². The molecule has 0 radical (unpaired) electrons. The molecule has 2 amide bonds. The van der Waals surface area contributed by atoms with Gasteiger partial charge in [0.25, 0.3) is 0 Å². The lowest BCUT2D eigenvalue weighted by atomic mass is 10.3. The van der Waals surface area contributed by atoms with Gasteiger partial charge in [0.05, 0.1) is 12.6 Å². The molecule has 1 atom stereocenters. The number of likely N-dealkylation sites (tertiary alicyclic amines) is 1. The minimum atomic E-state index is -0.433. The van der Waals surface area contributed by atoms with E-state index in [1.54, 1.807) is 0 Å². The quantitative estimate of drug-likeness (QED) is 0.518. The lowest BCUT2D eigenvalue weighted by Gasteiger charge is -2.15. The van der Waals surface area contributed by atoms with Crippen LogP contribution in [-0.4, -0.2) is 48.9 Å². The number of amides is 2. The molecule has 0 spiro atoms. The number of carbonyl (C=O) groups is 2. The Bertz CT molecular complexity index is 330. The van der Waals surface area contributed by atoms with Crippen LogP contribution >= 0.6 is 0 Å². The Morgan fingerprint density at radius 1 is 1.50 bits per heavy atom. The highest BCUT2D eigenvalue weighted by Crippen LogP contribution is 2.07. The van der Waals surface area contributed by atoms with Gasteiger partial charge in [0, 0.05) is 25.3 Å². The van der Waals surface area contributed by atoms with Crippen molar-refractivity contribution in [3.05, 3.63) is 12.3 Å². The average molecular weight is 254 g/mol. The Morgan fingerprint density at radius 2 is 2.17 bits per heavy atom. The third-order valence-corrected chi connectivity index (χ3v) is 2.78. The van der Waals surface area contributed by atoms with Crippen molar-refractivity contribution in [2.75, 3.05) is 26.2 Å². The maximum atomic E-state index is 11.6. The normalized spacial score (nSPS) is 18.9. The monoisotopic (exact) mass is 254 g/mol. The van der Waals surface area contributed by atoms with Gasteiger partial charge in [0.15, 0.2) is 0 Å². The average Bonchev–Trinajstić information content (AvgIpc) is 2.60. The SMILES string of the molecule is C=C(C)NCCCNC(=O)CN1CC[C@H](N)C1=O. The topological polar surface area (TPSA) is 87.5 Å². The fourth-order valence-corrected chi connectivity index (χ4v) is 1.77. The second-order valence-electron chi connectivity index (χ2n) is 4.57. The summed E-state index contributed by atoms with van der Waals surface area (Å²) in [6.07, 6.45) is 1.46. The first-order valence-corrected chi connectivity index (χ1v) is 6.21. The summed E-state index contributed by atoms with van der Waals surface area (Å²) in [6, 6.07) is -0.433. The van der Waals surface area contributed by atoms with E-state index in [1.807, 2.05) is 6.92 Å². The van der Waals surface area contributed by atoms with E-state index in [2.05, 4.69) is 17.2 Å². The molecule has 1 fully saturated rings.